The third-order valence-corrected chi connectivity index (χ3v) is 4.94. The van der Waals surface area contributed by atoms with Crippen LogP contribution in [0.2, 0.25) is 0 Å². The van der Waals surface area contributed by atoms with Crippen molar-refractivity contribution in [2.75, 3.05) is 36.4 Å². The minimum absolute atomic E-state index is 0.349. The molecular weight excluding hydrogens is 369 g/mol. The Balaban J connectivity index is 1.60. The molecule has 1 aromatic carbocycles. The summed E-state index contributed by atoms with van der Waals surface area (Å²) in [6, 6.07) is 8.92. The van der Waals surface area contributed by atoms with Crippen LogP contribution in [0.25, 0.3) is 5.52 Å². The highest BCUT2D eigenvalue weighted by atomic mass is 19.4. The number of nitrogens with zero attached hydrogens (tertiary/aromatic N) is 4. The van der Waals surface area contributed by atoms with Gasteiger partial charge < -0.3 is 15.5 Å². The molecule has 0 spiro atoms. The summed E-state index contributed by atoms with van der Waals surface area (Å²) in [5, 5.41) is 10.9. The van der Waals surface area contributed by atoms with Crippen molar-refractivity contribution < 1.29 is 13.2 Å². The van der Waals surface area contributed by atoms with E-state index in [1.54, 1.807) is 6.07 Å². The Hall–Kier alpha value is -2.81. The number of alkyl halides is 3. The monoisotopic (exact) mass is 390 g/mol. The largest absolute Gasteiger partial charge is 0.416 e. The molecule has 0 aliphatic carbocycles. The van der Waals surface area contributed by atoms with Gasteiger partial charge in [-0.05, 0) is 36.8 Å². The second-order valence-electron chi connectivity index (χ2n) is 6.82. The van der Waals surface area contributed by atoms with Crippen LogP contribution in [0, 0.1) is 0 Å². The van der Waals surface area contributed by atoms with Crippen LogP contribution < -0.4 is 15.5 Å². The van der Waals surface area contributed by atoms with E-state index in [4.69, 9.17) is 0 Å². The van der Waals surface area contributed by atoms with Crippen LogP contribution in [-0.2, 0) is 6.18 Å². The van der Waals surface area contributed by atoms with Crippen molar-refractivity contribution >= 4 is 17.2 Å². The molecule has 1 saturated heterocycles. The van der Waals surface area contributed by atoms with Crippen molar-refractivity contribution in [1.29, 1.82) is 0 Å². The van der Waals surface area contributed by atoms with Crippen LogP contribution in [0.3, 0.4) is 0 Å². The van der Waals surface area contributed by atoms with E-state index in [2.05, 4.69) is 25.6 Å². The number of piperazine rings is 1. The summed E-state index contributed by atoms with van der Waals surface area (Å²) in [6.07, 6.45) is -2.91. The first-order chi connectivity index (χ1) is 13.4. The van der Waals surface area contributed by atoms with E-state index in [0.29, 0.717) is 11.4 Å². The fourth-order valence-corrected chi connectivity index (χ4v) is 3.44. The molecule has 2 N–H and O–H groups in total. The molecule has 148 valence electrons. The molecule has 3 heterocycles. The maximum Gasteiger partial charge on any atom is 0.416 e. The molecule has 1 aliphatic heterocycles. The molecular formula is C19H21F3N6. The molecule has 9 heteroatoms. The highest BCUT2D eigenvalue weighted by Gasteiger charge is 2.30. The lowest BCUT2D eigenvalue weighted by atomic mass is 10.0. The zero-order chi connectivity index (χ0) is 19.7. The zero-order valence-corrected chi connectivity index (χ0v) is 15.4. The first kappa shape index (κ1) is 18.5. The van der Waals surface area contributed by atoms with E-state index in [1.165, 1.54) is 18.5 Å². The van der Waals surface area contributed by atoms with E-state index in [0.717, 1.165) is 43.6 Å². The number of halogens is 3. The second kappa shape index (κ2) is 7.31. The number of aromatic nitrogens is 3. The van der Waals surface area contributed by atoms with Gasteiger partial charge in [0, 0.05) is 26.2 Å². The summed E-state index contributed by atoms with van der Waals surface area (Å²) in [5.74, 6) is 1.56. The molecule has 1 aliphatic rings. The molecule has 0 radical (unpaired) electrons. The predicted octanol–water partition coefficient (Wildman–Crippen LogP) is 3.33. The van der Waals surface area contributed by atoms with Crippen LogP contribution in [0.5, 0.6) is 0 Å². The third kappa shape index (κ3) is 3.62. The fourth-order valence-electron chi connectivity index (χ4n) is 3.44. The maximum absolute atomic E-state index is 13.0. The Morgan fingerprint density at radius 2 is 1.93 bits per heavy atom. The summed E-state index contributed by atoms with van der Waals surface area (Å²) < 4.78 is 40.8. The van der Waals surface area contributed by atoms with Gasteiger partial charge in [0.15, 0.2) is 5.82 Å². The molecule has 1 atom stereocenters. The van der Waals surface area contributed by atoms with Gasteiger partial charge >= 0.3 is 6.18 Å². The van der Waals surface area contributed by atoms with Crippen molar-refractivity contribution in [3.8, 4) is 0 Å². The van der Waals surface area contributed by atoms with Crippen molar-refractivity contribution in [3.63, 3.8) is 0 Å². The molecule has 0 unspecified atom stereocenters. The van der Waals surface area contributed by atoms with Crippen molar-refractivity contribution in [1.82, 2.24) is 19.9 Å². The lowest BCUT2D eigenvalue weighted by Gasteiger charge is -2.28. The first-order valence-electron chi connectivity index (χ1n) is 9.15. The number of hydrogen-bond acceptors (Lipinski definition) is 5. The number of anilines is 2. The average molecular weight is 390 g/mol. The van der Waals surface area contributed by atoms with Gasteiger partial charge in [-0.25, -0.2) is 9.50 Å². The number of hydrogen-bond donors (Lipinski definition) is 2. The van der Waals surface area contributed by atoms with Crippen LogP contribution in [-0.4, -0.2) is 40.8 Å². The van der Waals surface area contributed by atoms with Crippen molar-refractivity contribution in [3.05, 3.63) is 53.9 Å². The summed E-state index contributed by atoms with van der Waals surface area (Å²) in [6.45, 7) is 5.42. The Bertz CT molecular complexity index is 962. The van der Waals surface area contributed by atoms with Crippen molar-refractivity contribution in [2.45, 2.75) is 19.1 Å². The number of nitrogens with one attached hydrogen (secondary N) is 2. The number of fused-ring (bicyclic) bond motifs is 1. The molecule has 2 aromatic heterocycles. The molecule has 1 fully saturated rings. The van der Waals surface area contributed by atoms with Gasteiger partial charge in [0.2, 0.25) is 0 Å². The van der Waals surface area contributed by atoms with Gasteiger partial charge in [0.1, 0.15) is 17.7 Å². The van der Waals surface area contributed by atoms with Crippen LogP contribution >= 0.6 is 0 Å². The third-order valence-electron chi connectivity index (χ3n) is 4.94. The van der Waals surface area contributed by atoms with E-state index < -0.39 is 11.7 Å². The first-order valence-corrected chi connectivity index (χ1v) is 9.15. The van der Waals surface area contributed by atoms with Crippen molar-refractivity contribution in [2.24, 2.45) is 0 Å². The molecule has 4 rings (SSSR count). The lowest BCUT2D eigenvalue weighted by molar-refractivity contribution is -0.137. The van der Waals surface area contributed by atoms with Gasteiger partial charge in [-0.15, -0.1) is 0 Å². The van der Waals surface area contributed by atoms with E-state index in [1.807, 2.05) is 23.6 Å². The highest BCUT2D eigenvalue weighted by Crippen LogP contribution is 2.32. The van der Waals surface area contributed by atoms with E-state index >= 15 is 0 Å². The normalized spacial score (nSPS) is 16.4. The van der Waals surface area contributed by atoms with E-state index in [-0.39, 0.29) is 6.04 Å². The van der Waals surface area contributed by atoms with E-state index in [9.17, 15) is 13.2 Å². The van der Waals surface area contributed by atoms with Crippen LogP contribution in [0.15, 0.2) is 42.7 Å². The Labute approximate surface area is 160 Å². The minimum atomic E-state index is -4.36. The summed E-state index contributed by atoms with van der Waals surface area (Å²) in [4.78, 5) is 6.55. The number of benzene rings is 1. The molecule has 0 saturated carbocycles. The maximum atomic E-state index is 13.0. The Kier molecular flexibility index (Phi) is 4.84. The van der Waals surface area contributed by atoms with Gasteiger partial charge in [0.25, 0.3) is 0 Å². The molecule has 6 nitrogen and oxygen atoms in total. The minimum Gasteiger partial charge on any atom is -0.362 e. The predicted molar refractivity (Wildman–Crippen MR) is 102 cm³/mol. The smallest absolute Gasteiger partial charge is 0.362 e. The van der Waals surface area contributed by atoms with Gasteiger partial charge in [0.05, 0.1) is 11.6 Å². The Morgan fingerprint density at radius 3 is 2.68 bits per heavy atom. The molecule has 0 bridgehead atoms. The summed E-state index contributed by atoms with van der Waals surface area (Å²) >= 11 is 0. The highest BCUT2D eigenvalue weighted by molar-refractivity contribution is 5.72. The average Bonchev–Trinajstić information content (AvgIpc) is 3.13. The van der Waals surface area contributed by atoms with Crippen LogP contribution in [0.1, 0.15) is 24.1 Å². The number of rotatable bonds is 4. The molecule has 3 aromatic rings. The standard InChI is InChI=1S/C19H21F3N6/c1-13(14-3-2-4-15(11-14)19(20,21)22)26-18-16-5-6-17(28(16)25-12-24-18)27-9-7-23-8-10-27/h2-6,11-13,23H,7-10H2,1H3,(H,24,25,26)/t13-/m1/s1. The fraction of sp³-hybridized carbons (Fsp3) is 0.368. The quantitative estimate of drug-likeness (QED) is 0.716. The van der Waals surface area contributed by atoms with Crippen LogP contribution in [0.4, 0.5) is 24.8 Å². The zero-order valence-electron chi connectivity index (χ0n) is 15.4. The lowest BCUT2D eigenvalue weighted by Crippen LogP contribution is -2.44. The molecule has 28 heavy (non-hydrogen) atoms. The molecule has 0 amide bonds. The van der Waals surface area contributed by atoms with Gasteiger partial charge in [-0.2, -0.15) is 18.3 Å². The second-order valence-corrected chi connectivity index (χ2v) is 6.82. The van der Waals surface area contributed by atoms with Gasteiger partial charge in [-0.3, -0.25) is 0 Å². The van der Waals surface area contributed by atoms with Gasteiger partial charge in [-0.1, -0.05) is 12.1 Å². The topological polar surface area (TPSA) is 57.5 Å². The SMILES string of the molecule is C[C@@H](Nc1ncnn2c(N3CCNCC3)ccc12)c1cccc(C(F)(F)F)c1. The Morgan fingerprint density at radius 1 is 1.14 bits per heavy atom. The summed E-state index contributed by atoms with van der Waals surface area (Å²) in [5.41, 5.74) is 0.672. The summed E-state index contributed by atoms with van der Waals surface area (Å²) in [7, 11) is 0.